The normalized spacial score (nSPS) is 33.5. The Labute approximate surface area is 126 Å². The lowest BCUT2D eigenvalue weighted by molar-refractivity contribution is 0.0594. The van der Waals surface area contributed by atoms with Crippen LogP contribution in [0.2, 0.25) is 0 Å². The predicted octanol–water partition coefficient (Wildman–Crippen LogP) is 2.89. The van der Waals surface area contributed by atoms with Gasteiger partial charge in [-0.2, -0.15) is 0 Å². The maximum Gasteiger partial charge on any atom is 0.253 e. The van der Waals surface area contributed by atoms with Crippen molar-refractivity contribution in [2.75, 3.05) is 13.1 Å². The van der Waals surface area contributed by atoms with Gasteiger partial charge in [0.1, 0.15) is 0 Å². The van der Waals surface area contributed by atoms with Gasteiger partial charge in [-0.25, -0.2) is 0 Å². The van der Waals surface area contributed by atoms with Gasteiger partial charge in [0.05, 0.1) is 12.2 Å². The maximum atomic E-state index is 12.7. The minimum absolute atomic E-state index is 0.201. The quantitative estimate of drug-likeness (QED) is 0.854. The van der Waals surface area contributed by atoms with Gasteiger partial charge in [-0.3, -0.25) is 4.79 Å². The van der Waals surface area contributed by atoms with Crippen molar-refractivity contribution in [3.05, 3.63) is 35.4 Å². The fourth-order valence-corrected chi connectivity index (χ4v) is 4.41. The smallest absolute Gasteiger partial charge is 0.253 e. The highest BCUT2D eigenvalue weighted by atomic mass is 16.5. The largest absolute Gasteiger partial charge is 0.374 e. The maximum absolute atomic E-state index is 12.7. The van der Waals surface area contributed by atoms with E-state index in [-0.39, 0.29) is 5.91 Å². The number of hydrogen-bond donors (Lipinski definition) is 0. The topological polar surface area (TPSA) is 29.5 Å². The number of ether oxygens (including phenoxy) is 1. The lowest BCUT2D eigenvalue weighted by Crippen LogP contribution is -2.31. The number of amides is 1. The number of benzene rings is 1. The lowest BCUT2D eigenvalue weighted by atomic mass is 9.82. The fourth-order valence-electron chi connectivity index (χ4n) is 4.41. The van der Waals surface area contributed by atoms with Gasteiger partial charge < -0.3 is 9.64 Å². The molecule has 4 rings (SSSR count). The molecule has 1 aromatic rings. The van der Waals surface area contributed by atoms with Crippen LogP contribution in [0.5, 0.6) is 0 Å². The van der Waals surface area contributed by atoms with Crippen LogP contribution in [-0.2, 0) is 11.2 Å². The van der Waals surface area contributed by atoms with Gasteiger partial charge in [0, 0.05) is 30.5 Å². The van der Waals surface area contributed by atoms with Crippen molar-refractivity contribution in [1.82, 2.24) is 4.90 Å². The summed E-state index contributed by atoms with van der Waals surface area (Å²) in [7, 11) is 0. The number of fused-ring (bicyclic) bond motifs is 5. The van der Waals surface area contributed by atoms with E-state index < -0.39 is 0 Å². The number of nitrogens with zero attached hydrogens (tertiary/aromatic N) is 1. The van der Waals surface area contributed by atoms with E-state index in [1.807, 2.05) is 12.1 Å². The molecule has 0 aliphatic carbocycles. The van der Waals surface area contributed by atoms with Crippen LogP contribution in [0, 0.1) is 11.8 Å². The Kier molecular flexibility index (Phi) is 3.26. The van der Waals surface area contributed by atoms with Crippen LogP contribution in [0.25, 0.3) is 0 Å². The highest BCUT2D eigenvalue weighted by molar-refractivity contribution is 5.94. The van der Waals surface area contributed by atoms with Gasteiger partial charge in [0.2, 0.25) is 0 Å². The first kappa shape index (κ1) is 13.3. The van der Waals surface area contributed by atoms with E-state index in [4.69, 9.17) is 4.74 Å². The lowest BCUT2D eigenvalue weighted by Gasteiger charge is -2.19. The molecule has 0 N–H and O–H groups in total. The third-order valence-electron chi connectivity index (χ3n) is 5.48. The molecule has 0 spiro atoms. The van der Waals surface area contributed by atoms with E-state index in [2.05, 4.69) is 24.0 Å². The van der Waals surface area contributed by atoms with E-state index in [1.165, 1.54) is 18.4 Å². The van der Waals surface area contributed by atoms with Gasteiger partial charge in [0.15, 0.2) is 0 Å². The molecular weight excluding hydrogens is 262 g/mol. The molecule has 3 heterocycles. The monoisotopic (exact) mass is 285 g/mol. The molecule has 3 aliphatic heterocycles. The molecule has 0 radical (unpaired) electrons. The molecule has 1 aromatic carbocycles. The zero-order valence-corrected chi connectivity index (χ0v) is 12.6. The van der Waals surface area contributed by atoms with Crippen LogP contribution in [0.3, 0.4) is 0 Å². The number of hydrogen-bond acceptors (Lipinski definition) is 2. The summed E-state index contributed by atoms with van der Waals surface area (Å²) < 4.78 is 5.98. The van der Waals surface area contributed by atoms with Crippen LogP contribution in [0.15, 0.2) is 24.3 Å². The molecule has 3 heteroatoms. The van der Waals surface area contributed by atoms with E-state index in [0.29, 0.717) is 24.0 Å². The molecule has 3 nitrogen and oxygen atoms in total. The van der Waals surface area contributed by atoms with E-state index in [9.17, 15) is 4.79 Å². The number of aryl methyl sites for hydroxylation is 1. The first-order valence-electron chi connectivity index (χ1n) is 8.30. The summed E-state index contributed by atoms with van der Waals surface area (Å²) in [6.45, 7) is 3.96. The standard InChI is InChI=1S/C18H23NO2/c1-2-3-12-4-6-13(7-5-12)18(20)19-10-14-15(11-19)17-9-8-16(14)21-17/h4-7,14-17H,2-3,8-11H2,1H3/t14-,15+,16+,17-. The second kappa shape index (κ2) is 5.13. The third-order valence-corrected chi connectivity index (χ3v) is 5.48. The van der Waals surface area contributed by atoms with Gasteiger partial charge >= 0.3 is 0 Å². The zero-order valence-electron chi connectivity index (χ0n) is 12.6. The first-order chi connectivity index (χ1) is 10.3. The van der Waals surface area contributed by atoms with Crippen molar-refractivity contribution in [1.29, 1.82) is 0 Å². The molecule has 3 saturated heterocycles. The molecule has 21 heavy (non-hydrogen) atoms. The van der Waals surface area contributed by atoms with Crippen molar-refractivity contribution in [3.63, 3.8) is 0 Å². The summed E-state index contributed by atoms with van der Waals surface area (Å²) in [4.78, 5) is 14.7. The Hall–Kier alpha value is -1.35. The Morgan fingerprint density at radius 1 is 1.14 bits per heavy atom. The first-order valence-corrected chi connectivity index (χ1v) is 8.30. The Morgan fingerprint density at radius 3 is 2.33 bits per heavy atom. The van der Waals surface area contributed by atoms with Gasteiger partial charge in [-0.1, -0.05) is 25.5 Å². The van der Waals surface area contributed by atoms with Crippen LogP contribution >= 0.6 is 0 Å². The average Bonchev–Trinajstić information content (AvgIpc) is 3.20. The average molecular weight is 285 g/mol. The van der Waals surface area contributed by atoms with Crippen LogP contribution in [-0.4, -0.2) is 36.1 Å². The van der Waals surface area contributed by atoms with E-state index in [0.717, 1.165) is 31.5 Å². The molecule has 1 amide bonds. The number of carbonyl (C=O) groups is 1. The highest BCUT2D eigenvalue weighted by Gasteiger charge is 2.53. The zero-order chi connectivity index (χ0) is 14.4. The van der Waals surface area contributed by atoms with Crippen molar-refractivity contribution in [2.24, 2.45) is 11.8 Å². The second-order valence-electron chi connectivity index (χ2n) is 6.78. The van der Waals surface area contributed by atoms with E-state index >= 15 is 0 Å². The van der Waals surface area contributed by atoms with Crippen LogP contribution < -0.4 is 0 Å². The molecule has 3 fully saturated rings. The minimum Gasteiger partial charge on any atom is -0.374 e. The molecule has 4 atom stereocenters. The Morgan fingerprint density at radius 2 is 1.76 bits per heavy atom. The Balaban J connectivity index is 1.46. The van der Waals surface area contributed by atoms with Crippen molar-refractivity contribution in [3.8, 4) is 0 Å². The SMILES string of the molecule is CCCc1ccc(C(=O)N2C[C@@H]3[C@H](C2)[C@H]2CC[C@@H]3O2)cc1. The van der Waals surface area contributed by atoms with Crippen molar-refractivity contribution < 1.29 is 9.53 Å². The molecule has 112 valence electrons. The van der Waals surface area contributed by atoms with Crippen molar-refractivity contribution >= 4 is 5.91 Å². The van der Waals surface area contributed by atoms with Gasteiger partial charge in [-0.15, -0.1) is 0 Å². The van der Waals surface area contributed by atoms with Crippen LogP contribution in [0.4, 0.5) is 0 Å². The van der Waals surface area contributed by atoms with Crippen LogP contribution in [0.1, 0.15) is 42.1 Å². The summed E-state index contributed by atoms with van der Waals surface area (Å²) in [6.07, 6.45) is 5.46. The number of rotatable bonds is 3. The fraction of sp³-hybridized carbons (Fsp3) is 0.611. The van der Waals surface area contributed by atoms with E-state index in [1.54, 1.807) is 0 Å². The molecular formula is C18H23NO2. The molecule has 2 bridgehead atoms. The summed E-state index contributed by atoms with van der Waals surface area (Å²) in [5.41, 5.74) is 2.15. The summed E-state index contributed by atoms with van der Waals surface area (Å²) >= 11 is 0. The molecule has 0 aromatic heterocycles. The van der Waals surface area contributed by atoms with Gasteiger partial charge in [-0.05, 0) is 37.0 Å². The second-order valence-corrected chi connectivity index (χ2v) is 6.78. The summed E-state index contributed by atoms with van der Waals surface area (Å²) in [6, 6.07) is 8.18. The van der Waals surface area contributed by atoms with Crippen molar-refractivity contribution in [2.45, 2.75) is 44.8 Å². The minimum atomic E-state index is 0.201. The number of carbonyl (C=O) groups excluding carboxylic acids is 1. The highest BCUT2D eigenvalue weighted by Crippen LogP contribution is 2.47. The summed E-state index contributed by atoms with van der Waals surface area (Å²) in [5.74, 6) is 1.38. The molecule has 0 unspecified atom stereocenters. The molecule has 0 saturated carbocycles. The van der Waals surface area contributed by atoms with Gasteiger partial charge in [0.25, 0.3) is 5.91 Å². The molecule has 3 aliphatic rings. The predicted molar refractivity (Wildman–Crippen MR) is 81.2 cm³/mol. The summed E-state index contributed by atoms with van der Waals surface area (Å²) in [5, 5.41) is 0. The number of likely N-dealkylation sites (tertiary alicyclic amines) is 1. The third kappa shape index (κ3) is 2.18. The Bertz CT molecular complexity index is 521.